The van der Waals surface area contributed by atoms with Crippen LogP contribution >= 0.6 is 11.3 Å². The molecule has 0 aliphatic heterocycles. The summed E-state index contributed by atoms with van der Waals surface area (Å²) in [7, 11) is 0. The summed E-state index contributed by atoms with van der Waals surface area (Å²) in [6.45, 7) is 1.43. The molecule has 0 aliphatic rings. The summed E-state index contributed by atoms with van der Waals surface area (Å²) < 4.78 is 63.6. The summed E-state index contributed by atoms with van der Waals surface area (Å²) in [6.07, 6.45) is -3.73. The number of nitrogens with zero attached hydrogens (tertiary/aromatic N) is 4. The number of aromatic nitrogens is 4. The van der Waals surface area contributed by atoms with E-state index in [9.17, 15) is 27.2 Å². The predicted octanol–water partition coefficient (Wildman–Crippen LogP) is 5.63. The standard InChI is InChI=1S/C25H15F4N5O4S/c1-13-10-20(35)34(17-4-2-3-5-19(17)38-25(27,28)29)33-21(13)22(36)32-14-6-7-18(16(26)11-14)37-23-15-8-9-39-24(15)31-12-30-23/h2-12H,1H3,(H,32,36). The molecule has 9 nitrogen and oxygen atoms in total. The van der Waals surface area contributed by atoms with E-state index in [-0.39, 0.29) is 34.3 Å². The number of carbonyl (C=O) groups excluding carboxylic acids is 1. The zero-order valence-electron chi connectivity index (χ0n) is 19.7. The molecule has 0 unspecified atom stereocenters. The van der Waals surface area contributed by atoms with Crippen LogP contribution in [0, 0.1) is 12.7 Å². The Bertz CT molecular complexity index is 1770. The fourth-order valence-corrected chi connectivity index (χ4v) is 4.31. The number of amides is 1. The van der Waals surface area contributed by atoms with Crippen molar-refractivity contribution in [3.8, 4) is 23.1 Å². The second-order valence-electron chi connectivity index (χ2n) is 7.96. The van der Waals surface area contributed by atoms with Gasteiger partial charge in [-0.3, -0.25) is 9.59 Å². The first kappa shape index (κ1) is 25.8. The number of nitrogens with one attached hydrogen (secondary N) is 1. The third kappa shape index (κ3) is 5.55. The van der Waals surface area contributed by atoms with Gasteiger partial charge in [0.05, 0.1) is 5.39 Å². The maximum Gasteiger partial charge on any atom is 0.573 e. The molecule has 39 heavy (non-hydrogen) atoms. The van der Waals surface area contributed by atoms with Crippen molar-refractivity contribution < 1.29 is 31.8 Å². The Morgan fingerprint density at radius 1 is 1.05 bits per heavy atom. The molecule has 1 amide bonds. The third-order valence-electron chi connectivity index (χ3n) is 5.28. The molecule has 3 heterocycles. The molecule has 5 rings (SSSR count). The summed E-state index contributed by atoms with van der Waals surface area (Å²) in [4.78, 5) is 34.3. The largest absolute Gasteiger partial charge is 0.573 e. The SMILES string of the molecule is Cc1cc(=O)n(-c2ccccc2OC(F)(F)F)nc1C(=O)Nc1ccc(Oc2ncnc3sccc23)c(F)c1. The number of alkyl halides is 3. The average Bonchev–Trinajstić information content (AvgIpc) is 3.35. The number of benzene rings is 2. The molecule has 0 bridgehead atoms. The predicted molar refractivity (Wildman–Crippen MR) is 133 cm³/mol. The van der Waals surface area contributed by atoms with E-state index >= 15 is 0 Å². The topological polar surface area (TPSA) is 108 Å². The lowest BCUT2D eigenvalue weighted by atomic mass is 10.2. The van der Waals surface area contributed by atoms with E-state index in [0.717, 1.165) is 18.2 Å². The van der Waals surface area contributed by atoms with Crippen LogP contribution in [-0.4, -0.2) is 32.0 Å². The average molecular weight is 557 g/mol. The van der Waals surface area contributed by atoms with Crippen molar-refractivity contribution in [3.63, 3.8) is 0 Å². The smallest absolute Gasteiger partial charge is 0.435 e. The zero-order chi connectivity index (χ0) is 27.7. The number of hydrogen-bond donors (Lipinski definition) is 1. The quantitative estimate of drug-likeness (QED) is 0.270. The van der Waals surface area contributed by atoms with Gasteiger partial charge < -0.3 is 14.8 Å². The summed E-state index contributed by atoms with van der Waals surface area (Å²) in [5.41, 5.74) is -1.22. The maximum absolute atomic E-state index is 14.8. The Labute approximate surface area is 220 Å². The Hall–Kier alpha value is -4.85. The van der Waals surface area contributed by atoms with Crippen molar-refractivity contribution in [2.45, 2.75) is 13.3 Å². The van der Waals surface area contributed by atoms with Crippen LogP contribution in [0.4, 0.5) is 23.2 Å². The number of fused-ring (bicyclic) bond motifs is 1. The molecule has 0 atom stereocenters. The number of halogens is 4. The number of ether oxygens (including phenoxy) is 2. The number of aryl methyl sites for hydroxylation is 1. The molecular weight excluding hydrogens is 542 g/mol. The van der Waals surface area contributed by atoms with E-state index in [1.807, 2.05) is 0 Å². The molecular formula is C25H15F4N5O4S. The number of thiophene rings is 1. The van der Waals surface area contributed by atoms with Gasteiger partial charge in [-0.25, -0.2) is 14.4 Å². The second-order valence-corrected chi connectivity index (χ2v) is 8.86. The van der Waals surface area contributed by atoms with Crippen molar-refractivity contribution in [1.82, 2.24) is 19.7 Å². The van der Waals surface area contributed by atoms with E-state index in [4.69, 9.17) is 4.74 Å². The normalized spacial score (nSPS) is 11.4. The van der Waals surface area contributed by atoms with Gasteiger partial charge in [0.2, 0.25) is 5.88 Å². The van der Waals surface area contributed by atoms with Crippen molar-refractivity contribution in [2.75, 3.05) is 5.32 Å². The van der Waals surface area contributed by atoms with E-state index in [1.165, 1.54) is 54.9 Å². The minimum absolute atomic E-state index is 0.0352. The molecule has 3 aromatic heterocycles. The molecule has 1 N–H and O–H groups in total. The van der Waals surface area contributed by atoms with Crippen LogP contribution in [-0.2, 0) is 0 Å². The van der Waals surface area contributed by atoms with Crippen LogP contribution in [0.2, 0.25) is 0 Å². The number of carbonyl (C=O) groups is 1. The Kier molecular flexibility index (Phi) is 6.70. The van der Waals surface area contributed by atoms with Crippen LogP contribution in [0.5, 0.6) is 17.4 Å². The van der Waals surface area contributed by atoms with Crippen molar-refractivity contribution in [2.24, 2.45) is 0 Å². The number of hydrogen-bond acceptors (Lipinski definition) is 8. The summed E-state index contributed by atoms with van der Waals surface area (Å²) in [6, 6.07) is 11.3. The lowest BCUT2D eigenvalue weighted by molar-refractivity contribution is -0.274. The van der Waals surface area contributed by atoms with Crippen molar-refractivity contribution in [1.29, 1.82) is 0 Å². The van der Waals surface area contributed by atoms with Gasteiger partial charge in [-0.15, -0.1) is 24.5 Å². The van der Waals surface area contributed by atoms with E-state index in [1.54, 1.807) is 11.4 Å². The molecule has 2 aromatic carbocycles. The van der Waals surface area contributed by atoms with E-state index < -0.39 is 29.4 Å². The first-order chi connectivity index (χ1) is 18.6. The Balaban J connectivity index is 1.40. The van der Waals surface area contributed by atoms with Crippen LogP contribution in [0.1, 0.15) is 16.1 Å². The molecule has 0 aliphatic carbocycles. The van der Waals surface area contributed by atoms with Crippen molar-refractivity contribution in [3.05, 3.63) is 93.7 Å². The minimum atomic E-state index is -5.02. The minimum Gasteiger partial charge on any atom is -0.435 e. The molecule has 14 heteroatoms. The van der Waals surface area contributed by atoms with Gasteiger partial charge in [0.15, 0.2) is 23.0 Å². The second kappa shape index (κ2) is 10.1. The molecule has 198 valence electrons. The first-order valence-electron chi connectivity index (χ1n) is 11.0. The van der Waals surface area contributed by atoms with Crippen LogP contribution < -0.4 is 20.3 Å². The van der Waals surface area contributed by atoms with Gasteiger partial charge in [-0.2, -0.15) is 9.78 Å². The van der Waals surface area contributed by atoms with Gasteiger partial charge in [0, 0.05) is 17.8 Å². The summed E-state index contributed by atoms with van der Waals surface area (Å²) >= 11 is 1.37. The fourth-order valence-electron chi connectivity index (χ4n) is 3.59. The Morgan fingerprint density at radius 2 is 1.85 bits per heavy atom. The van der Waals surface area contributed by atoms with Crippen molar-refractivity contribution >= 4 is 33.1 Å². The number of rotatable bonds is 6. The maximum atomic E-state index is 14.8. The molecule has 0 fully saturated rings. The highest BCUT2D eigenvalue weighted by Crippen LogP contribution is 2.32. The van der Waals surface area contributed by atoms with Gasteiger partial charge in [-0.1, -0.05) is 12.1 Å². The van der Waals surface area contributed by atoms with Gasteiger partial charge in [0.25, 0.3) is 11.5 Å². The van der Waals surface area contributed by atoms with Crippen LogP contribution in [0.15, 0.2) is 71.1 Å². The van der Waals surface area contributed by atoms with Gasteiger partial charge in [-0.05, 0) is 48.2 Å². The zero-order valence-corrected chi connectivity index (χ0v) is 20.5. The lowest BCUT2D eigenvalue weighted by Gasteiger charge is -2.15. The molecule has 0 radical (unpaired) electrons. The number of anilines is 1. The highest BCUT2D eigenvalue weighted by atomic mass is 32.1. The van der Waals surface area contributed by atoms with Gasteiger partial charge in [0.1, 0.15) is 16.8 Å². The summed E-state index contributed by atoms with van der Waals surface area (Å²) in [5.74, 6) is -2.31. The molecule has 0 saturated heterocycles. The third-order valence-corrected chi connectivity index (χ3v) is 6.10. The monoisotopic (exact) mass is 557 g/mol. The highest BCUT2D eigenvalue weighted by molar-refractivity contribution is 7.16. The van der Waals surface area contributed by atoms with E-state index in [0.29, 0.717) is 14.9 Å². The Morgan fingerprint density at radius 3 is 2.62 bits per heavy atom. The van der Waals surface area contributed by atoms with Crippen LogP contribution in [0.25, 0.3) is 15.9 Å². The first-order valence-corrected chi connectivity index (χ1v) is 11.9. The van der Waals surface area contributed by atoms with Crippen LogP contribution in [0.3, 0.4) is 0 Å². The molecule has 0 spiro atoms. The number of para-hydroxylation sites is 2. The molecule has 5 aromatic rings. The molecule has 0 saturated carbocycles. The van der Waals surface area contributed by atoms with Gasteiger partial charge >= 0.3 is 6.36 Å². The summed E-state index contributed by atoms with van der Waals surface area (Å²) in [5, 5.41) is 8.82. The fraction of sp³-hybridized carbons (Fsp3) is 0.0800. The lowest BCUT2D eigenvalue weighted by Crippen LogP contribution is -2.28. The highest BCUT2D eigenvalue weighted by Gasteiger charge is 2.32. The van der Waals surface area contributed by atoms with E-state index in [2.05, 4.69) is 25.1 Å².